The normalized spacial score (nSPS) is 27.4. The zero-order valence-corrected chi connectivity index (χ0v) is 6.21. The van der Waals surface area contributed by atoms with Crippen LogP contribution in [0.4, 0.5) is 0 Å². The van der Waals surface area contributed by atoms with Crippen LogP contribution in [0.15, 0.2) is 12.3 Å². The maximum Gasteiger partial charge on any atom is 0.0752 e. The number of aliphatic hydroxyl groups is 1. The van der Waals surface area contributed by atoms with Crippen molar-refractivity contribution in [2.75, 3.05) is 6.54 Å². The Bertz CT molecular complexity index is 106. The van der Waals surface area contributed by atoms with Crippen LogP contribution in [-0.4, -0.2) is 17.7 Å². The summed E-state index contributed by atoms with van der Waals surface area (Å²) in [5.41, 5.74) is 0. The van der Waals surface area contributed by atoms with Gasteiger partial charge in [0.25, 0.3) is 0 Å². The fraction of sp³-hybridized carbons (Fsp3) is 0.750. The molecular weight excluding hydrogens is 126 g/mol. The molecule has 0 saturated carbocycles. The molecule has 1 unspecified atom stereocenters. The van der Waals surface area contributed by atoms with Crippen LogP contribution < -0.4 is 5.32 Å². The van der Waals surface area contributed by atoms with Gasteiger partial charge in [0, 0.05) is 6.04 Å². The average molecular weight is 141 g/mol. The molecule has 1 heterocycles. The number of hydrogen-bond donors (Lipinski definition) is 2. The lowest BCUT2D eigenvalue weighted by atomic mass is 10.0. The molecule has 1 fully saturated rings. The zero-order chi connectivity index (χ0) is 7.23. The number of aliphatic hydroxyl groups excluding tert-OH is 1. The van der Waals surface area contributed by atoms with Gasteiger partial charge in [-0.15, -0.1) is 0 Å². The van der Waals surface area contributed by atoms with E-state index in [-0.39, 0.29) is 0 Å². The molecule has 0 aromatic heterocycles. The fourth-order valence-electron chi connectivity index (χ4n) is 1.35. The molecule has 1 aliphatic rings. The zero-order valence-electron chi connectivity index (χ0n) is 6.21. The Morgan fingerprint density at radius 3 is 3.00 bits per heavy atom. The van der Waals surface area contributed by atoms with E-state index in [9.17, 15) is 0 Å². The van der Waals surface area contributed by atoms with Gasteiger partial charge in [-0.2, -0.15) is 0 Å². The van der Waals surface area contributed by atoms with Crippen LogP contribution in [0, 0.1) is 0 Å². The molecule has 1 rings (SSSR count). The number of nitrogens with one attached hydrogen (secondary N) is 1. The van der Waals surface area contributed by atoms with E-state index < -0.39 is 0 Å². The highest BCUT2D eigenvalue weighted by atomic mass is 16.2. The Labute approximate surface area is 61.9 Å². The maximum absolute atomic E-state index is 8.39. The van der Waals surface area contributed by atoms with Crippen molar-refractivity contribution in [1.82, 2.24) is 5.32 Å². The van der Waals surface area contributed by atoms with Crippen molar-refractivity contribution >= 4 is 0 Å². The minimum atomic E-state index is 0.608. The molecule has 58 valence electrons. The van der Waals surface area contributed by atoms with Crippen LogP contribution in [-0.2, 0) is 0 Å². The monoisotopic (exact) mass is 141 g/mol. The Kier molecular flexibility index (Phi) is 3.30. The van der Waals surface area contributed by atoms with Crippen LogP contribution in [0.25, 0.3) is 0 Å². The van der Waals surface area contributed by atoms with Crippen LogP contribution in [0.5, 0.6) is 0 Å². The average Bonchev–Trinajstić information content (AvgIpc) is 2.03. The minimum Gasteiger partial charge on any atom is -0.516 e. The quantitative estimate of drug-likeness (QED) is 0.572. The van der Waals surface area contributed by atoms with Crippen molar-refractivity contribution in [3.05, 3.63) is 12.3 Å². The van der Waals surface area contributed by atoms with E-state index in [4.69, 9.17) is 5.11 Å². The van der Waals surface area contributed by atoms with Gasteiger partial charge in [-0.05, 0) is 31.9 Å². The van der Waals surface area contributed by atoms with Gasteiger partial charge >= 0.3 is 0 Å². The molecule has 1 aliphatic heterocycles. The SMILES string of the molecule is OC=CCC1CCCCN1. The smallest absolute Gasteiger partial charge is 0.0752 e. The van der Waals surface area contributed by atoms with Crippen LogP contribution in [0.1, 0.15) is 25.7 Å². The number of hydrogen-bond acceptors (Lipinski definition) is 2. The molecule has 1 atom stereocenters. The van der Waals surface area contributed by atoms with E-state index in [0.717, 1.165) is 19.2 Å². The van der Waals surface area contributed by atoms with Crippen LogP contribution in [0.2, 0.25) is 0 Å². The van der Waals surface area contributed by atoms with Gasteiger partial charge in [0.1, 0.15) is 0 Å². The first-order valence-corrected chi connectivity index (χ1v) is 3.96. The highest BCUT2D eigenvalue weighted by molar-refractivity contribution is 4.82. The summed E-state index contributed by atoms with van der Waals surface area (Å²) >= 11 is 0. The molecule has 0 bridgehead atoms. The molecule has 0 radical (unpaired) electrons. The molecule has 0 amide bonds. The summed E-state index contributed by atoms with van der Waals surface area (Å²) in [6.45, 7) is 1.14. The summed E-state index contributed by atoms with van der Waals surface area (Å²) in [5.74, 6) is 0. The van der Waals surface area contributed by atoms with Gasteiger partial charge in [-0.1, -0.05) is 6.42 Å². The topological polar surface area (TPSA) is 32.3 Å². The Morgan fingerprint density at radius 1 is 1.50 bits per heavy atom. The lowest BCUT2D eigenvalue weighted by Crippen LogP contribution is -2.33. The van der Waals surface area contributed by atoms with Crippen molar-refractivity contribution in [2.24, 2.45) is 0 Å². The molecule has 0 aliphatic carbocycles. The highest BCUT2D eigenvalue weighted by Crippen LogP contribution is 2.09. The second-order valence-corrected chi connectivity index (χ2v) is 2.77. The van der Waals surface area contributed by atoms with E-state index in [1.807, 2.05) is 6.08 Å². The van der Waals surface area contributed by atoms with Crippen LogP contribution >= 0.6 is 0 Å². The van der Waals surface area contributed by atoms with E-state index in [2.05, 4.69) is 5.32 Å². The molecule has 2 heteroatoms. The first-order chi connectivity index (χ1) is 4.93. The fourth-order valence-corrected chi connectivity index (χ4v) is 1.35. The molecule has 2 N–H and O–H groups in total. The van der Waals surface area contributed by atoms with Crippen molar-refractivity contribution in [3.63, 3.8) is 0 Å². The number of piperidine rings is 1. The second kappa shape index (κ2) is 4.34. The van der Waals surface area contributed by atoms with Gasteiger partial charge in [-0.25, -0.2) is 0 Å². The van der Waals surface area contributed by atoms with Gasteiger partial charge in [0.15, 0.2) is 0 Å². The van der Waals surface area contributed by atoms with Gasteiger partial charge in [-0.3, -0.25) is 0 Å². The van der Waals surface area contributed by atoms with Crippen LogP contribution in [0.3, 0.4) is 0 Å². The first kappa shape index (κ1) is 7.61. The van der Waals surface area contributed by atoms with E-state index >= 15 is 0 Å². The summed E-state index contributed by atoms with van der Waals surface area (Å²) in [6.07, 6.45) is 7.80. The van der Waals surface area contributed by atoms with Gasteiger partial charge < -0.3 is 10.4 Å². The predicted molar refractivity (Wildman–Crippen MR) is 42.0 cm³/mol. The van der Waals surface area contributed by atoms with E-state index in [1.165, 1.54) is 19.3 Å². The predicted octanol–water partition coefficient (Wildman–Crippen LogP) is 1.59. The highest BCUT2D eigenvalue weighted by Gasteiger charge is 2.09. The third kappa shape index (κ3) is 2.40. The molecule has 0 spiro atoms. The van der Waals surface area contributed by atoms with Crippen molar-refractivity contribution in [2.45, 2.75) is 31.7 Å². The largest absolute Gasteiger partial charge is 0.516 e. The minimum absolute atomic E-state index is 0.608. The summed E-state index contributed by atoms with van der Waals surface area (Å²) in [7, 11) is 0. The van der Waals surface area contributed by atoms with Crippen molar-refractivity contribution in [1.29, 1.82) is 0 Å². The third-order valence-corrected chi connectivity index (χ3v) is 1.94. The van der Waals surface area contributed by atoms with Crippen molar-refractivity contribution in [3.8, 4) is 0 Å². The Morgan fingerprint density at radius 2 is 2.40 bits per heavy atom. The summed E-state index contributed by atoms with van der Waals surface area (Å²) in [4.78, 5) is 0. The summed E-state index contributed by atoms with van der Waals surface area (Å²) in [6, 6.07) is 0.608. The molecule has 1 saturated heterocycles. The Balaban J connectivity index is 2.13. The molecule has 0 aromatic carbocycles. The van der Waals surface area contributed by atoms with E-state index in [0.29, 0.717) is 6.04 Å². The maximum atomic E-state index is 8.39. The molecular formula is C8H15NO. The second-order valence-electron chi connectivity index (χ2n) is 2.77. The third-order valence-electron chi connectivity index (χ3n) is 1.94. The van der Waals surface area contributed by atoms with Gasteiger partial charge in [0.05, 0.1) is 6.26 Å². The lowest BCUT2D eigenvalue weighted by molar-refractivity contribution is 0.398. The summed E-state index contributed by atoms with van der Waals surface area (Å²) < 4.78 is 0. The first-order valence-electron chi connectivity index (χ1n) is 3.96. The lowest BCUT2D eigenvalue weighted by Gasteiger charge is -2.21. The number of rotatable bonds is 2. The standard InChI is InChI=1S/C8H15NO/c10-7-3-5-8-4-1-2-6-9-8/h3,7-10H,1-2,4-6H2. The molecule has 10 heavy (non-hydrogen) atoms. The van der Waals surface area contributed by atoms with Gasteiger partial charge in [0.2, 0.25) is 0 Å². The summed E-state index contributed by atoms with van der Waals surface area (Å²) in [5, 5.41) is 11.8. The van der Waals surface area contributed by atoms with E-state index in [1.54, 1.807) is 0 Å². The molecule has 2 nitrogen and oxygen atoms in total. The Hall–Kier alpha value is -0.500. The van der Waals surface area contributed by atoms with Crippen molar-refractivity contribution < 1.29 is 5.11 Å². The molecule has 0 aromatic rings.